The van der Waals surface area contributed by atoms with Gasteiger partial charge in [0, 0.05) is 11.5 Å². The molecule has 0 aromatic carbocycles. The van der Waals surface area contributed by atoms with Gasteiger partial charge in [-0.1, -0.05) is 5.11 Å². The zero-order chi connectivity index (χ0) is 15.3. The number of carbonyl (C=O) groups excluding carboxylic acids is 3. The average molecular weight is 283 g/mol. The van der Waals surface area contributed by atoms with Crippen molar-refractivity contribution in [1.82, 2.24) is 10.2 Å². The van der Waals surface area contributed by atoms with E-state index in [0.29, 0.717) is 6.42 Å². The van der Waals surface area contributed by atoms with Crippen molar-refractivity contribution in [2.45, 2.75) is 38.8 Å². The first kappa shape index (κ1) is 15.8. The maximum absolute atomic E-state index is 11.9. The molecular weight excluding hydrogens is 266 g/mol. The molecule has 0 spiro atoms. The molecule has 1 fully saturated rings. The number of nitrogens with zero attached hydrogens (tertiary/aromatic N) is 4. The van der Waals surface area contributed by atoms with Crippen molar-refractivity contribution in [2.24, 2.45) is 5.11 Å². The van der Waals surface area contributed by atoms with Crippen molar-refractivity contribution < 1.29 is 19.1 Å². The number of likely N-dealkylation sites (tertiary alicyclic amines) is 1. The van der Waals surface area contributed by atoms with Crippen LogP contribution in [-0.2, 0) is 14.3 Å². The van der Waals surface area contributed by atoms with E-state index < -0.39 is 29.6 Å². The van der Waals surface area contributed by atoms with E-state index in [-0.39, 0.29) is 13.1 Å². The zero-order valence-electron chi connectivity index (χ0n) is 11.6. The predicted molar refractivity (Wildman–Crippen MR) is 68.5 cm³/mol. The van der Waals surface area contributed by atoms with Gasteiger partial charge in [0.15, 0.2) is 0 Å². The molecule has 0 aromatic heterocycles. The van der Waals surface area contributed by atoms with Crippen LogP contribution in [0.2, 0.25) is 0 Å². The average Bonchev–Trinajstić information content (AvgIpc) is 2.66. The van der Waals surface area contributed by atoms with E-state index in [4.69, 9.17) is 10.3 Å². The molecule has 110 valence electrons. The Kier molecular flexibility index (Phi) is 4.93. The largest absolute Gasteiger partial charge is 0.443 e. The molecule has 0 saturated carbocycles. The Morgan fingerprint density at radius 3 is 2.75 bits per heavy atom. The van der Waals surface area contributed by atoms with Gasteiger partial charge in [0.05, 0.1) is 0 Å². The summed E-state index contributed by atoms with van der Waals surface area (Å²) in [5.41, 5.74) is 7.40. The quantitative estimate of drug-likeness (QED) is 0.470. The van der Waals surface area contributed by atoms with Crippen LogP contribution in [0.5, 0.6) is 0 Å². The standard InChI is InChI=1S/C11H17N5O4/c1-11(2,3)20-10(19)16-5-4-7(9(16)18)14-8(17)6-13-15-12/h7H,4-6H2,1-3H3,(H,14,17)/t7-/m0/s1. The van der Waals surface area contributed by atoms with Crippen molar-refractivity contribution in [1.29, 1.82) is 0 Å². The summed E-state index contributed by atoms with van der Waals surface area (Å²) in [6, 6.07) is -0.788. The number of amides is 3. The molecule has 1 saturated heterocycles. The molecule has 1 heterocycles. The van der Waals surface area contributed by atoms with Crippen molar-refractivity contribution in [2.75, 3.05) is 13.1 Å². The second kappa shape index (κ2) is 6.25. The van der Waals surface area contributed by atoms with E-state index in [1.54, 1.807) is 20.8 Å². The van der Waals surface area contributed by atoms with E-state index in [2.05, 4.69) is 15.3 Å². The molecule has 0 unspecified atom stereocenters. The Hall–Kier alpha value is -2.28. The first-order chi connectivity index (χ1) is 9.24. The van der Waals surface area contributed by atoms with Gasteiger partial charge < -0.3 is 10.1 Å². The van der Waals surface area contributed by atoms with Gasteiger partial charge in [-0.25, -0.2) is 9.69 Å². The first-order valence-electron chi connectivity index (χ1n) is 6.09. The minimum absolute atomic E-state index is 0.181. The van der Waals surface area contributed by atoms with Crippen LogP contribution in [-0.4, -0.2) is 47.5 Å². The topological polar surface area (TPSA) is 124 Å². The van der Waals surface area contributed by atoms with E-state index in [0.717, 1.165) is 4.90 Å². The molecule has 1 aliphatic rings. The molecule has 0 aromatic rings. The summed E-state index contributed by atoms with van der Waals surface area (Å²) >= 11 is 0. The Morgan fingerprint density at radius 2 is 2.20 bits per heavy atom. The smallest absolute Gasteiger partial charge is 0.417 e. The molecule has 20 heavy (non-hydrogen) atoms. The van der Waals surface area contributed by atoms with Crippen LogP contribution < -0.4 is 5.32 Å². The van der Waals surface area contributed by atoms with Gasteiger partial charge in [0.25, 0.3) is 5.91 Å². The molecule has 9 nitrogen and oxygen atoms in total. The molecule has 1 rings (SSSR count). The van der Waals surface area contributed by atoms with Crippen molar-refractivity contribution in [3.63, 3.8) is 0 Å². The summed E-state index contributed by atoms with van der Waals surface area (Å²) < 4.78 is 5.10. The number of rotatable bonds is 3. The number of nitrogens with one attached hydrogen (secondary N) is 1. The normalized spacial score (nSPS) is 18.4. The number of hydrogen-bond acceptors (Lipinski definition) is 5. The minimum Gasteiger partial charge on any atom is -0.443 e. The number of imide groups is 1. The van der Waals surface area contributed by atoms with Crippen LogP contribution >= 0.6 is 0 Å². The van der Waals surface area contributed by atoms with E-state index >= 15 is 0 Å². The summed E-state index contributed by atoms with van der Waals surface area (Å²) in [5.74, 6) is -1.08. The van der Waals surface area contributed by atoms with E-state index in [9.17, 15) is 14.4 Å². The summed E-state index contributed by atoms with van der Waals surface area (Å²) in [6.07, 6.45) is -0.422. The molecule has 0 aliphatic carbocycles. The number of hydrogen-bond donors (Lipinski definition) is 1. The lowest BCUT2D eigenvalue weighted by Crippen LogP contribution is -2.45. The van der Waals surface area contributed by atoms with Gasteiger partial charge in [0.1, 0.15) is 18.2 Å². The van der Waals surface area contributed by atoms with E-state index in [1.807, 2.05) is 0 Å². The molecule has 3 amide bonds. The Morgan fingerprint density at radius 1 is 1.55 bits per heavy atom. The van der Waals surface area contributed by atoms with Crippen molar-refractivity contribution >= 4 is 17.9 Å². The number of ether oxygens (including phenoxy) is 1. The highest BCUT2D eigenvalue weighted by molar-refractivity contribution is 5.98. The summed E-state index contributed by atoms with van der Waals surface area (Å²) in [4.78, 5) is 38.5. The third-order valence-corrected chi connectivity index (χ3v) is 2.43. The summed E-state index contributed by atoms with van der Waals surface area (Å²) in [6.45, 7) is 4.90. The lowest BCUT2D eigenvalue weighted by Gasteiger charge is -2.23. The highest BCUT2D eigenvalue weighted by Crippen LogP contribution is 2.16. The van der Waals surface area contributed by atoms with Crippen LogP contribution in [0.4, 0.5) is 4.79 Å². The van der Waals surface area contributed by atoms with Gasteiger partial charge in [-0.2, -0.15) is 0 Å². The number of azide groups is 1. The minimum atomic E-state index is -0.788. The maximum atomic E-state index is 11.9. The van der Waals surface area contributed by atoms with Crippen LogP contribution in [0.15, 0.2) is 5.11 Å². The predicted octanol–water partition coefficient (Wildman–Crippen LogP) is 0.949. The van der Waals surface area contributed by atoms with Gasteiger partial charge in [-0.3, -0.25) is 9.59 Å². The second-order valence-electron chi connectivity index (χ2n) is 5.27. The molecule has 1 atom stereocenters. The SMILES string of the molecule is CC(C)(C)OC(=O)N1CC[C@H](NC(=O)CN=[N+]=[N-])C1=O. The molecule has 0 bridgehead atoms. The van der Waals surface area contributed by atoms with Gasteiger partial charge >= 0.3 is 6.09 Å². The lowest BCUT2D eigenvalue weighted by molar-refractivity contribution is -0.131. The second-order valence-corrected chi connectivity index (χ2v) is 5.27. The Bertz CT molecular complexity index is 464. The highest BCUT2D eigenvalue weighted by Gasteiger charge is 2.38. The third-order valence-electron chi connectivity index (χ3n) is 2.43. The van der Waals surface area contributed by atoms with Crippen molar-refractivity contribution in [3.8, 4) is 0 Å². The fraction of sp³-hybridized carbons (Fsp3) is 0.727. The monoisotopic (exact) mass is 283 g/mol. The fourth-order valence-corrected chi connectivity index (χ4v) is 1.65. The first-order valence-corrected chi connectivity index (χ1v) is 6.09. The Balaban J connectivity index is 2.57. The molecule has 1 N–H and O–H groups in total. The molecular formula is C11H17N5O4. The maximum Gasteiger partial charge on any atom is 0.417 e. The van der Waals surface area contributed by atoms with Crippen LogP contribution in [0, 0.1) is 0 Å². The molecule has 9 heteroatoms. The van der Waals surface area contributed by atoms with Gasteiger partial charge in [-0.05, 0) is 32.7 Å². The molecule has 0 radical (unpaired) electrons. The highest BCUT2D eigenvalue weighted by atomic mass is 16.6. The lowest BCUT2D eigenvalue weighted by atomic mass is 10.2. The zero-order valence-corrected chi connectivity index (χ0v) is 11.6. The van der Waals surface area contributed by atoms with Crippen molar-refractivity contribution in [3.05, 3.63) is 10.4 Å². The third kappa shape index (κ3) is 4.43. The summed E-state index contributed by atoms with van der Waals surface area (Å²) in [5, 5.41) is 5.50. The van der Waals surface area contributed by atoms with Crippen LogP contribution in [0.3, 0.4) is 0 Å². The number of carbonyl (C=O) groups is 3. The van der Waals surface area contributed by atoms with Crippen LogP contribution in [0.1, 0.15) is 27.2 Å². The van der Waals surface area contributed by atoms with Gasteiger partial charge in [0.2, 0.25) is 5.91 Å². The van der Waals surface area contributed by atoms with E-state index in [1.165, 1.54) is 0 Å². The summed E-state index contributed by atoms with van der Waals surface area (Å²) in [7, 11) is 0. The fourth-order valence-electron chi connectivity index (χ4n) is 1.65. The van der Waals surface area contributed by atoms with Gasteiger partial charge in [-0.15, -0.1) is 0 Å². The Labute approximate surface area is 115 Å². The molecule has 1 aliphatic heterocycles. The van der Waals surface area contributed by atoms with Crippen LogP contribution in [0.25, 0.3) is 10.4 Å².